The number of carbonyl (C=O) groups is 6. The van der Waals surface area contributed by atoms with Gasteiger partial charge in [0, 0.05) is 6.42 Å². The van der Waals surface area contributed by atoms with Crippen LogP contribution in [-0.2, 0) is 28.8 Å². The normalized spacial score (nSPS) is 12.4. The van der Waals surface area contributed by atoms with Crippen LogP contribution in [-0.4, -0.2) is 34.7 Å². The highest BCUT2D eigenvalue weighted by molar-refractivity contribution is 6.39. The Morgan fingerprint density at radius 2 is 1.18 bits per heavy atom. The molecule has 0 aromatic rings. The monoisotopic (exact) mass is 310 g/mol. The molecule has 22 heavy (non-hydrogen) atoms. The van der Waals surface area contributed by atoms with Crippen LogP contribution < -0.4 is 0 Å². The van der Waals surface area contributed by atoms with Crippen molar-refractivity contribution in [1.82, 2.24) is 0 Å². The summed E-state index contributed by atoms with van der Waals surface area (Å²) in [5.41, 5.74) is -2.41. The van der Waals surface area contributed by atoms with Crippen LogP contribution in [0.25, 0.3) is 0 Å². The SMILES string of the molecule is CC(=O)CCCC(C(C)=O)C(=O)C(C(C)=O)(C(C)=O)C(C)=O. The molecule has 6 nitrogen and oxygen atoms in total. The van der Waals surface area contributed by atoms with Gasteiger partial charge in [-0.2, -0.15) is 0 Å². The fourth-order valence-electron chi connectivity index (χ4n) is 2.60. The number of hydrogen-bond acceptors (Lipinski definition) is 6. The lowest BCUT2D eigenvalue weighted by Gasteiger charge is -2.27. The van der Waals surface area contributed by atoms with E-state index in [0.717, 1.165) is 20.8 Å². The van der Waals surface area contributed by atoms with Crippen LogP contribution in [0, 0.1) is 11.3 Å². The van der Waals surface area contributed by atoms with E-state index in [4.69, 9.17) is 0 Å². The van der Waals surface area contributed by atoms with Gasteiger partial charge in [0.05, 0.1) is 5.92 Å². The number of rotatable bonds is 10. The highest BCUT2D eigenvalue weighted by Crippen LogP contribution is 2.30. The van der Waals surface area contributed by atoms with Gasteiger partial charge < -0.3 is 4.79 Å². The van der Waals surface area contributed by atoms with Crippen LogP contribution >= 0.6 is 0 Å². The van der Waals surface area contributed by atoms with Gasteiger partial charge in [-0.15, -0.1) is 0 Å². The number of Topliss-reactive ketones (excluding diaryl/α,β-unsaturated/α-hetero) is 6. The lowest BCUT2D eigenvalue weighted by Crippen LogP contribution is -2.53. The van der Waals surface area contributed by atoms with Gasteiger partial charge in [0.25, 0.3) is 0 Å². The average Bonchev–Trinajstić information content (AvgIpc) is 2.32. The lowest BCUT2D eigenvalue weighted by atomic mass is 9.68. The van der Waals surface area contributed by atoms with Gasteiger partial charge in [-0.3, -0.25) is 24.0 Å². The molecule has 0 aliphatic rings. The standard InChI is InChI=1S/C16H22O6/c1-9(17)7-6-8-14(10(2)18)15(22)16(11(3)19,12(4)20)13(5)21/h14H,6-8H2,1-5H3. The van der Waals surface area contributed by atoms with Crippen LogP contribution in [0.2, 0.25) is 0 Å². The van der Waals surface area contributed by atoms with Crippen molar-refractivity contribution in [2.75, 3.05) is 0 Å². The molecule has 0 saturated heterocycles. The molecule has 0 heterocycles. The van der Waals surface area contributed by atoms with Gasteiger partial charge in [-0.25, -0.2) is 0 Å². The van der Waals surface area contributed by atoms with Gasteiger partial charge in [0.15, 0.2) is 23.1 Å². The molecule has 1 unspecified atom stereocenters. The third-order valence-electron chi connectivity index (χ3n) is 3.78. The summed E-state index contributed by atoms with van der Waals surface area (Å²) in [5, 5.41) is 0. The zero-order valence-electron chi connectivity index (χ0n) is 13.6. The maximum absolute atomic E-state index is 12.6. The van der Waals surface area contributed by atoms with Crippen molar-refractivity contribution < 1.29 is 28.8 Å². The van der Waals surface area contributed by atoms with E-state index in [1.807, 2.05) is 0 Å². The van der Waals surface area contributed by atoms with Crippen LogP contribution in [0.1, 0.15) is 53.9 Å². The summed E-state index contributed by atoms with van der Waals surface area (Å²) in [5.74, 6) is -5.47. The minimum absolute atomic E-state index is 0.0311. The predicted octanol–water partition coefficient (Wildman–Crippen LogP) is 1.27. The molecule has 0 rings (SSSR count). The first-order valence-corrected chi connectivity index (χ1v) is 7.06. The molecule has 6 heteroatoms. The fourth-order valence-corrected chi connectivity index (χ4v) is 2.60. The molecule has 0 N–H and O–H groups in total. The largest absolute Gasteiger partial charge is 0.300 e. The summed E-state index contributed by atoms with van der Waals surface area (Å²) >= 11 is 0. The Kier molecular flexibility index (Phi) is 7.16. The summed E-state index contributed by atoms with van der Waals surface area (Å²) in [6.45, 7) is 5.53. The summed E-state index contributed by atoms with van der Waals surface area (Å²) in [7, 11) is 0. The maximum Gasteiger partial charge on any atom is 0.203 e. The quantitative estimate of drug-likeness (QED) is 0.563. The Hall–Kier alpha value is -1.98. The van der Waals surface area contributed by atoms with E-state index in [1.165, 1.54) is 13.8 Å². The van der Waals surface area contributed by atoms with Crippen molar-refractivity contribution in [1.29, 1.82) is 0 Å². The van der Waals surface area contributed by atoms with Gasteiger partial charge in [0.1, 0.15) is 11.6 Å². The van der Waals surface area contributed by atoms with Crippen LogP contribution in [0.3, 0.4) is 0 Å². The number of hydrogen-bond donors (Lipinski definition) is 0. The van der Waals surface area contributed by atoms with Crippen LogP contribution in [0.15, 0.2) is 0 Å². The molecule has 0 saturated carbocycles. The second-order valence-corrected chi connectivity index (χ2v) is 5.54. The van der Waals surface area contributed by atoms with Gasteiger partial charge in [0.2, 0.25) is 5.41 Å². The van der Waals surface area contributed by atoms with E-state index in [-0.39, 0.29) is 25.0 Å². The topological polar surface area (TPSA) is 102 Å². The Labute approximate surface area is 129 Å². The van der Waals surface area contributed by atoms with Crippen molar-refractivity contribution >= 4 is 34.7 Å². The molecule has 0 spiro atoms. The van der Waals surface area contributed by atoms with E-state index < -0.39 is 40.2 Å². The number of ketones is 6. The minimum atomic E-state index is -2.41. The molecule has 0 radical (unpaired) electrons. The van der Waals surface area contributed by atoms with E-state index in [2.05, 4.69) is 0 Å². The smallest absolute Gasteiger partial charge is 0.203 e. The van der Waals surface area contributed by atoms with Crippen molar-refractivity contribution in [2.24, 2.45) is 11.3 Å². The van der Waals surface area contributed by atoms with Crippen molar-refractivity contribution in [2.45, 2.75) is 53.9 Å². The second-order valence-electron chi connectivity index (χ2n) is 5.54. The third kappa shape index (κ3) is 4.02. The van der Waals surface area contributed by atoms with Gasteiger partial charge in [-0.05, 0) is 47.5 Å². The molecular formula is C16H22O6. The third-order valence-corrected chi connectivity index (χ3v) is 3.78. The fraction of sp³-hybridized carbons (Fsp3) is 0.625. The zero-order valence-corrected chi connectivity index (χ0v) is 13.6. The van der Waals surface area contributed by atoms with E-state index >= 15 is 0 Å². The second kappa shape index (κ2) is 7.87. The molecule has 0 fully saturated rings. The average molecular weight is 310 g/mol. The maximum atomic E-state index is 12.6. The summed E-state index contributed by atoms with van der Waals surface area (Å²) in [4.78, 5) is 70.9. The van der Waals surface area contributed by atoms with E-state index in [1.54, 1.807) is 0 Å². The first kappa shape index (κ1) is 20.0. The Morgan fingerprint density at radius 1 is 0.773 bits per heavy atom. The van der Waals surface area contributed by atoms with Crippen LogP contribution in [0.5, 0.6) is 0 Å². The first-order valence-electron chi connectivity index (χ1n) is 7.06. The summed E-state index contributed by atoms with van der Waals surface area (Å²) < 4.78 is 0. The van der Waals surface area contributed by atoms with E-state index in [9.17, 15) is 28.8 Å². The Balaban J connectivity index is 5.71. The van der Waals surface area contributed by atoms with Crippen molar-refractivity contribution in [3.8, 4) is 0 Å². The minimum Gasteiger partial charge on any atom is -0.300 e. The van der Waals surface area contributed by atoms with Crippen molar-refractivity contribution in [3.05, 3.63) is 0 Å². The summed E-state index contributed by atoms with van der Waals surface area (Å²) in [6.07, 6.45) is 0.489. The van der Waals surface area contributed by atoms with Gasteiger partial charge in [-0.1, -0.05) is 0 Å². The molecule has 0 aromatic carbocycles. The highest BCUT2D eigenvalue weighted by atomic mass is 16.2. The first-order chi connectivity index (χ1) is 9.99. The molecule has 122 valence electrons. The molecule has 0 amide bonds. The molecule has 1 atom stereocenters. The number of carbonyl (C=O) groups excluding carboxylic acids is 6. The Bertz CT molecular complexity index is 493. The molecule has 0 aromatic heterocycles. The lowest BCUT2D eigenvalue weighted by molar-refractivity contribution is -0.155. The highest BCUT2D eigenvalue weighted by Gasteiger charge is 2.54. The van der Waals surface area contributed by atoms with Crippen molar-refractivity contribution in [3.63, 3.8) is 0 Å². The van der Waals surface area contributed by atoms with Gasteiger partial charge >= 0.3 is 0 Å². The predicted molar refractivity (Wildman–Crippen MR) is 78.2 cm³/mol. The molecule has 0 aliphatic carbocycles. The zero-order chi connectivity index (χ0) is 17.7. The molecule has 0 aliphatic heterocycles. The Morgan fingerprint density at radius 3 is 1.45 bits per heavy atom. The molecular weight excluding hydrogens is 288 g/mol. The summed E-state index contributed by atoms with van der Waals surface area (Å²) in [6, 6.07) is 0. The van der Waals surface area contributed by atoms with Crippen LogP contribution in [0.4, 0.5) is 0 Å². The molecule has 0 bridgehead atoms. The van der Waals surface area contributed by atoms with E-state index in [0.29, 0.717) is 0 Å².